The van der Waals surface area contributed by atoms with Crippen molar-refractivity contribution in [1.29, 1.82) is 0 Å². The third-order valence-electron chi connectivity index (χ3n) is 3.82. The molecule has 0 fully saturated rings. The first-order valence-corrected chi connectivity index (χ1v) is 9.96. The van der Waals surface area contributed by atoms with Crippen molar-refractivity contribution in [2.24, 2.45) is 0 Å². The molecule has 0 amide bonds. The molecule has 2 aromatic rings. The van der Waals surface area contributed by atoms with Gasteiger partial charge in [-0.1, -0.05) is 6.07 Å². The summed E-state index contributed by atoms with van der Waals surface area (Å²) in [4.78, 5) is -0.427. The Kier molecular flexibility index (Phi) is 3.74. The summed E-state index contributed by atoms with van der Waals surface area (Å²) < 4.78 is 60.7. The van der Waals surface area contributed by atoms with E-state index in [9.17, 15) is 16.8 Å². The first-order chi connectivity index (χ1) is 11.1. The third kappa shape index (κ3) is 2.42. The van der Waals surface area contributed by atoms with Gasteiger partial charge < -0.3 is 4.74 Å². The van der Waals surface area contributed by atoms with Gasteiger partial charge in [0.25, 0.3) is 10.1 Å². The SMILES string of the molecule is COS(=O)(=O)c1cc(C)cc2c1Oc1c(C)cc(C)cc1S2(=O)=O. The summed E-state index contributed by atoms with van der Waals surface area (Å²) in [5.74, 6) is -0.0774. The van der Waals surface area contributed by atoms with Crippen LogP contribution in [0.2, 0.25) is 0 Å². The number of benzene rings is 2. The maximum Gasteiger partial charge on any atom is 0.300 e. The number of rotatable bonds is 2. The van der Waals surface area contributed by atoms with Gasteiger partial charge in [0.2, 0.25) is 9.84 Å². The normalized spacial score (nSPS) is 15.3. The zero-order chi connectivity index (χ0) is 17.9. The average Bonchev–Trinajstić information content (AvgIpc) is 2.49. The van der Waals surface area contributed by atoms with E-state index < -0.39 is 20.0 Å². The van der Waals surface area contributed by atoms with Crippen LogP contribution in [0.25, 0.3) is 0 Å². The predicted molar refractivity (Wildman–Crippen MR) is 86.8 cm³/mol. The fraction of sp³-hybridized carbons (Fsp3) is 0.250. The lowest BCUT2D eigenvalue weighted by molar-refractivity contribution is 0.385. The summed E-state index contributed by atoms with van der Waals surface area (Å²) in [6.07, 6.45) is 0. The van der Waals surface area contributed by atoms with Crippen molar-refractivity contribution in [3.05, 3.63) is 41.0 Å². The molecule has 0 N–H and O–H groups in total. The molecule has 0 aliphatic carbocycles. The largest absolute Gasteiger partial charge is 0.453 e. The second-order valence-corrected chi connectivity index (χ2v) is 9.29. The van der Waals surface area contributed by atoms with Gasteiger partial charge in [0.15, 0.2) is 5.75 Å². The van der Waals surface area contributed by atoms with E-state index >= 15 is 0 Å². The standard InChI is InChI=1S/C16H16O6S2/c1-9-5-11(3)15-12(6-9)23(17,18)13-7-10(2)8-14(16(13)22-15)24(19,20)21-4/h5-8H,1-4H3. The Morgan fingerprint density at radius 3 is 2.04 bits per heavy atom. The minimum Gasteiger partial charge on any atom is -0.453 e. The van der Waals surface area contributed by atoms with Gasteiger partial charge in [-0.05, 0) is 55.7 Å². The molecule has 0 bridgehead atoms. The number of aryl methyl sites for hydroxylation is 3. The van der Waals surface area contributed by atoms with E-state index in [4.69, 9.17) is 4.74 Å². The number of fused-ring (bicyclic) bond motifs is 2. The lowest BCUT2D eigenvalue weighted by Crippen LogP contribution is -2.16. The van der Waals surface area contributed by atoms with E-state index in [1.54, 1.807) is 26.8 Å². The third-order valence-corrected chi connectivity index (χ3v) is 6.87. The van der Waals surface area contributed by atoms with Crippen molar-refractivity contribution in [3.63, 3.8) is 0 Å². The molecule has 128 valence electrons. The lowest BCUT2D eigenvalue weighted by atomic mass is 10.1. The van der Waals surface area contributed by atoms with Gasteiger partial charge in [-0.15, -0.1) is 0 Å². The van der Waals surface area contributed by atoms with Crippen LogP contribution < -0.4 is 4.74 Å². The maximum atomic E-state index is 13.0. The van der Waals surface area contributed by atoms with Crippen molar-refractivity contribution in [2.45, 2.75) is 35.5 Å². The van der Waals surface area contributed by atoms with Gasteiger partial charge in [0, 0.05) is 0 Å². The van der Waals surface area contributed by atoms with E-state index in [-0.39, 0.29) is 26.2 Å². The topological polar surface area (TPSA) is 86.7 Å². The van der Waals surface area contributed by atoms with Crippen molar-refractivity contribution in [2.75, 3.05) is 7.11 Å². The number of hydrogen-bond donors (Lipinski definition) is 0. The minimum atomic E-state index is -4.13. The average molecular weight is 368 g/mol. The highest BCUT2D eigenvalue weighted by Gasteiger charge is 2.37. The molecule has 2 aromatic carbocycles. The molecule has 0 saturated carbocycles. The second kappa shape index (κ2) is 5.30. The molecule has 1 heterocycles. The molecule has 0 radical (unpaired) electrons. The van der Waals surface area contributed by atoms with Gasteiger partial charge in [-0.2, -0.15) is 8.42 Å². The Morgan fingerprint density at radius 1 is 0.917 bits per heavy atom. The van der Waals surface area contributed by atoms with Crippen LogP contribution in [-0.4, -0.2) is 23.9 Å². The van der Waals surface area contributed by atoms with Crippen LogP contribution in [0, 0.1) is 20.8 Å². The summed E-state index contributed by atoms with van der Waals surface area (Å²) in [5, 5.41) is 0. The van der Waals surface area contributed by atoms with Gasteiger partial charge in [0.1, 0.15) is 20.4 Å². The maximum absolute atomic E-state index is 13.0. The van der Waals surface area contributed by atoms with E-state index in [1.807, 2.05) is 0 Å². The zero-order valence-corrected chi connectivity index (χ0v) is 15.2. The van der Waals surface area contributed by atoms with Crippen molar-refractivity contribution in [3.8, 4) is 11.5 Å². The highest BCUT2D eigenvalue weighted by Crippen LogP contribution is 2.47. The van der Waals surface area contributed by atoms with Crippen LogP contribution in [0.1, 0.15) is 16.7 Å². The molecule has 3 rings (SSSR count). The van der Waals surface area contributed by atoms with E-state index in [0.717, 1.165) is 12.7 Å². The van der Waals surface area contributed by atoms with Crippen LogP contribution in [0.4, 0.5) is 0 Å². The molecule has 0 aromatic heterocycles. The van der Waals surface area contributed by atoms with Crippen molar-refractivity contribution in [1.82, 2.24) is 0 Å². The smallest absolute Gasteiger partial charge is 0.300 e. The molecular formula is C16H16O6S2. The van der Waals surface area contributed by atoms with Crippen LogP contribution in [0.5, 0.6) is 11.5 Å². The quantitative estimate of drug-likeness (QED) is 0.647. The predicted octanol–water partition coefficient (Wildman–Crippen LogP) is 2.89. The summed E-state index contributed by atoms with van der Waals surface area (Å²) in [7, 11) is -7.01. The van der Waals surface area contributed by atoms with Gasteiger partial charge in [-0.3, -0.25) is 4.18 Å². The van der Waals surface area contributed by atoms with E-state index in [0.29, 0.717) is 11.1 Å². The Balaban J connectivity index is 2.44. The number of hydrogen-bond acceptors (Lipinski definition) is 6. The Hall–Kier alpha value is -1.90. The Labute approximate surface area is 141 Å². The first kappa shape index (κ1) is 16.9. The molecule has 0 atom stereocenters. The zero-order valence-electron chi connectivity index (χ0n) is 13.6. The first-order valence-electron chi connectivity index (χ1n) is 7.07. The molecule has 6 nitrogen and oxygen atoms in total. The molecule has 1 aliphatic heterocycles. The van der Waals surface area contributed by atoms with Crippen molar-refractivity contribution >= 4 is 20.0 Å². The second-order valence-electron chi connectivity index (χ2n) is 5.73. The molecule has 8 heteroatoms. The van der Waals surface area contributed by atoms with Gasteiger partial charge >= 0.3 is 0 Å². The number of ether oxygens (including phenoxy) is 1. The monoisotopic (exact) mass is 368 g/mol. The molecular weight excluding hydrogens is 352 g/mol. The molecule has 0 unspecified atom stereocenters. The van der Waals surface area contributed by atoms with Crippen LogP contribution in [0.15, 0.2) is 39.0 Å². The van der Waals surface area contributed by atoms with Crippen molar-refractivity contribution < 1.29 is 25.8 Å². The van der Waals surface area contributed by atoms with Crippen LogP contribution >= 0.6 is 0 Å². The summed E-state index contributed by atoms with van der Waals surface area (Å²) in [6, 6.07) is 6.03. The van der Waals surface area contributed by atoms with Gasteiger partial charge in [-0.25, -0.2) is 8.42 Å². The Bertz CT molecular complexity index is 1070. The highest BCUT2D eigenvalue weighted by molar-refractivity contribution is 7.92. The molecule has 0 saturated heterocycles. The van der Waals surface area contributed by atoms with Crippen LogP contribution in [-0.2, 0) is 24.1 Å². The molecule has 0 spiro atoms. The van der Waals surface area contributed by atoms with E-state index in [1.165, 1.54) is 18.2 Å². The summed E-state index contributed by atoms with van der Waals surface area (Å²) >= 11 is 0. The molecule has 24 heavy (non-hydrogen) atoms. The molecule has 1 aliphatic rings. The summed E-state index contributed by atoms with van der Waals surface area (Å²) in [6.45, 7) is 5.11. The van der Waals surface area contributed by atoms with Crippen LogP contribution in [0.3, 0.4) is 0 Å². The van der Waals surface area contributed by atoms with E-state index in [2.05, 4.69) is 4.18 Å². The van der Waals surface area contributed by atoms with Gasteiger partial charge in [0.05, 0.1) is 7.11 Å². The summed E-state index contributed by atoms with van der Waals surface area (Å²) in [5.41, 5.74) is 1.87. The number of sulfone groups is 1. The Morgan fingerprint density at radius 2 is 1.46 bits per heavy atom. The minimum absolute atomic E-state index is 0.0406. The fourth-order valence-electron chi connectivity index (χ4n) is 2.75. The highest BCUT2D eigenvalue weighted by atomic mass is 32.2. The lowest BCUT2D eigenvalue weighted by Gasteiger charge is -2.24. The fourth-order valence-corrected chi connectivity index (χ4v) is 5.46.